The van der Waals surface area contributed by atoms with Crippen molar-refractivity contribution in [1.82, 2.24) is 0 Å². The maximum absolute atomic E-state index is 12.6. The predicted molar refractivity (Wildman–Crippen MR) is 137 cm³/mol. The van der Waals surface area contributed by atoms with Crippen LogP contribution in [0.15, 0.2) is 89.8 Å². The third-order valence-electron chi connectivity index (χ3n) is 5.37. The number of benzene rings is 4. The van der Waals surface area contributed by atoms with Crippen molar-refractivity contribution in [1.29, 1.82) is 0 Å². The molecule has 0 aromatic heterocycles. The SMILES string of the molecule is Cc1cc(NC(=O)COc2ccc3ccccc3c2)ccc1NC(=O)c1cccc(S(C)(=O)=O)c1. The number of nitrogens with one attached hydrogen (secondary N) is 2. The number of ether oxygens (including phenoxy) is 1. The van der Waals surface area contributed by atoms with E-state index in [0.717, 1.165) is 22.6 Å². The second-order valence-corrected chi connectivity index (χ2v) is 10.1. The van der Waals surface area contributed by atoms with Crippen molar-refractivity contribution in [3.8, 4) is 5.75 Å². The first-order valence-electron chi connectivity index (χ1n) is 10.8. The second kappa shape index (κ2) is 9.99. The van der Waals surface area contributed by atoms with Crippen molar-refractivity contribution in [2.75, 3.05) is 23.5 Å². The van der Waals surface area contributed by atoms with Gasteiger partial charge in [-0.15, -0.1) is 0 Å². The molecule has 0 saturated heterocycles. The Kier molecular flexibility index (Phi) is 6.84. The summed E-state index contributed by atoms with van der Waals surface area (Å²) in [5.74, 6) is -0.140. The van der Waals surface area contributed by atoms with Gasteiger partial charge in [-0.1, -0.05) is 36.4 Å². The summed E-state index contributed by atoms with van der Waals surface area (Å²) >= 11 is 0. The van der Waals surface area contributed by atoms with Gasteiger partial charge in [-0.25, -0.2) is 8.42 Å². The maximum Gasteiger partial charge on any atom is 0.262 e. The van der Waals surface area contributed by atoms with E-state index in [1.165, 1.54) is 18.2 Å². The standard InChI is InChI=1S/C27H24N2O5S/c1-18-14-22(28-26(30)17-34-23-12-10-19-6-3-4-7-20(19)15-23)11-13-25(18)29-27(31)21-8-5-9-24(16-21)35(2,32)33/h3-16H,17H2,1-2H3,(H,28,30)(H,29,31). The summed E-state index contributed by atoms with van der Waals surface area (Å²) in [6, 6.07) is 24.5. The lowest BCUT2D eigenvalue weighted by Gasteiger charge is -2.12. The fraction of sp³-hybridized carbons (Fsp3) is 0.111. The summed E-state index contributed by atoms with van der Waals surface area (Å²) < 4.78 is 29.1. The van der Waals surface area contributed by atoms with Crippen LogP contribution in [0.5, 0.6) is 5.75 Å². The van der Waals surface area contributed by atoms with E-state index >= 15 is 0 Å². The zero-order chi connectivity index (χ0) is 25.0. The van der Waals surface area contributed by atoms with Crippen molar-refractivity contribution in [2.24, 2.45) is 0 Å². The van der Waals surface area contributed by atoms with Gasteiger partial charge in [-0.05, 0) is 71.8 Å². The highest BCUT2D eigenvalue weighted by Crippen LogP contribution is 2.22. The van der Waals surface area contributed by atoms with Gasteiger partial charge in [-0.2, -0.15) is 0 Å². The molecule has 0 bridgehead atoms. The number of hydrogen-bond donors (Lipinski definition) is 2. The van der Waals surface area contributed by atoms with E-state index in [1.807, 2.05) is 42.5 Å². The second-order valence-electron chi connectivity index (χ2n) is 8.13. The number of carbonyl (C=O) groups excluding carboxylic acids is 2. The number of carbonyl (C=O) groups is 2. The summed E-state index contributed by atoms with van der Waals surface area (Å²) in [7, 11) is -3.42. The van der Waals surface area contributed by atoms with Gasteiger partial charge in [-0.3, -0.25) is 9.59 Å². The van der Waals surface area contributed by atoms with Crippen LogP contribution in [0.4, 0.5) is 11.4 Å². The maximum atomic E-state index is 12.6. The molecule has 0 aliphatic rings. The van der Waals surface area contributed by atoms with Gasteiger partial charge in [0.05, 0.1) is 4.90 Å². The quantitative estimate of drug-likeness (QED) is 0.388. The summed E-state index contributed by atoms with van der Waals surface area (Å²) in [5, 5.41) is 7.68. The monoisotopic (exact) mass is 488 g/mol. The minimum atomic E-state index is -3.42. The highest BCUT2D eigenvalue weighted by molar-refractivity contribution is 7.90. The molecule has 4 aromatic carbocycles. The Labute approximate surface area is 203 Å². The minimum absolute atomic E-state index is 0.0749. The summed E-state index contributed by atoms with van der Waals surface area (Å²) in [6.45, 7) is 1.65. The van der Waals surface area contributed by atoms with Gasteiger partial charge < -0.3 is 15.4 Å². The molecule has 8 heteroatoms. The molecule has 2 amide bonds. The van der Waals surface area contributed by atoms with Gasteiger partial charge in [0, 0.05) is 23.2 Å². The molecular weight excluding hydrogens is 464 g/mol. The fourth-order valence-corrected chi connectivity index (χ4v) is 4.21. The molecule has 0 radical (unpaired) electrons. The van der Waals surface area contributed by atoms with Gasteiger partial charge in [0.15, 0.2) is 16.4 Å². The lowest BCUT2D eigenvalue weighted by Crippen LogP contribution is -2.20. The largest absolute Gasteiger partial charge is 0.484 e. The zero-order valence-corrected chi connectivity index (χ0v) is 20.1. The van der Waals surface area contributed by atoms with Crippen LogP contribution < -0.4 is 15.4 Å². The van der Waals surface area contributed by atoms with Crippen molar-refractivity contribution in [3.63, 3.8) is 0 Å². The molecule has 0 spiro atoms. The van der Waals surface area contributed by atoms with Crippen LogP contribution >= 0.6 is 0 Å². The third kappa shape index (κ3) is 6.04. The molecule has 0 heterocycles. The van der Waals surface area contributed by atoms with Crippen LogP contribution in [-0.4, -0.2) is 33.1 Å². The number of amides is 2. The van der Waals surface area contributed by atoms with E-state index in [0.29, 0.717) is 17.1 Å². The van der Waals surface area contributed by atoms with Gasteiger partial charge >= 0.3 is 0 Å². The highest BCUT2D eigenvalue weighted by Gasteiger charge is 2.13. The first-order chi connectivity index (χ1) is 16.7. The van der Waals surface area contributed by atoms with Crippen molar-refractivity contribution >= 4 is 43.8 Å². The molecule has 0 saturated carbocycles. The average Bonchev–Trinajstić information content (AvgIpc) is 2.84. The first kappa shape index (κ1) is 24.0. The number of rotatable bonds is 7. The van der Waals surface area contributed by atoms with Crippen LogP contribution in [0, 0.1) is 6.92 Å². The smallest absolute Gasteiger partial charge is 0.262 e. The lowest BCUT2D eigenvalue weighted by molar-refractivity contribution is -0.118. The molecule has 0 aliphatic heterocycles. The number of sulfone groups is 1. The van der Waals surface area contributed by atoms with E-state index in [-0.39, 0.29) is 23.0 Å². The third-order valence-corrected chi connectivity index (χ3v) is 6.48. The lowest BCUT2D eigenvalue weighted by atomic mass is 10.1. The first-order valence-corrected chi connectivity index (χ1v) is 12.7. The Bertz CT molecular complexity index is 1530. The van der Waals surface area contributed by atoms with E-state index in [4.69, 9.17) is 4.74 Å². The Morgan fingerprint density at radius 2 is 1.60 bits per heavy atom. The Balaban J connectivity index is 1.36. The van der Waals surface area contributed by atoms with E-state index < -0.39 is 15.7 Å². The van der Waals surface area contributed by atoms with Crippen LogP contribution in [0.25, 0.3) is 10.8 Å². The van der Waals surface area contributed by atoms with Crippen LogP contribution in [0.3, 0.4) is 0 Å². The molecule has 7 nitrogen and oxygen atoms in total. The minimum Gasteiger partial charge on any atom is -0.484 e. The Morgan fingerprint density at radius 3 is 2.34 bits per heavy atom. The summed E-state index contributed by atoms with van der Waals surface area (Å²) in [6.07, 6.45) is 1.09. The Hall–Kier alpha value is -4.17. The summed E-state index contributed by atoms with van der Waals surface area (Å²) in [5.41, 5.74) is 2.07. The molecule has 0 atom stereocenters. The number of hydrogen-bond acceptors (Lipinski definition) is 5. The van der Waals surface area contributed by atoms with E-state index in [1.54, 1.807) is 31.2 Å². The molecule has 35 heavy (non-hydrogen) atoms. The van der Waals surface area contributed by atoms with Crippen LogP contribution in [-0.2, 0) is 14.6 Å². The van der Waals surface area contributed by atoms with E-state index in [9.17, 15) is 18.0 Å². The van der Waals surface area contributed by atoms with Gasteiger partial charge in [0.25, 0.3) is 11.8 Å². The number of anilines is 2. The van der Waals surface area contributed by atoms with Crippen LogP contribution in [0.1, 0.15) is 15.9 Å². The number of aryl methyl sites for hydroxylation is 1. The highest BCUT2D eigenvalue weighted by atomic mass is 32.2. The van der Waals surface area contributed by atoms with Crippen molar-refractivity contribution < 1.29 is 22.7 Å². The predicted octanol–water partition coefficient (Wildman–Crippen LogP) is 4.82. The molecule has 0 aliphatic carbocycles. The molecule has 4 aromatic rings. The van der Waals surface area contributed by atoms with Gasteiger partial charge in [0.2, 0.25) is 0 Å². The zero-order valence-electron chi connectivity index (χ0n) is 19.2. The van der Waals surface area contributed by atoms with Gasteiger partial charge in [0.1, 0.15) is 5.75 Å². The van der Waals surface area contributed by atoms with Crippen molar-refractivity contribution in [2.45, 2.75) is 11.8 Å². The molecule has 0 fully saturated rings. The van der Waals surface area contributed by atoms with E-state index in [2.05, 4.69) is 10.6 Å². The topological polar surface area (TPSA) is 102 Å². The molecule has 2 N–H and O–H groups in total. The van der Waals surface area contributed by atoms with Crippen molar-refractivity contribution in [3.05, 3.63) is 96.1 Å². The molecule has 0 unspecified atom stereocenters. The molecular formula is C27H24N2O5S. The Morgan fingerprint density at radius 1 is 0.829 bits per heavy atom. The average molecular weight is 489 g/mol. The molecule has 4 rings (SSSR count). The fourth-order valence-electron chi connectivity index (χ4n) is 3.55. The molecule has 178 valence electrons. The summed E-state index contributed by atoms with van der Waals surface area (Å²) in [4.78, 5) is 25.1. The number of fused-ring (bicyclic) bond motifs is 1. The van der Waals surface area contributed by atoms with Crippen LogP contribution in [0.2, 0.25) is 0 Å². The normalized spacial score (nSPS) is 11.1.